The number of aromatic nitrogens is 1. The Hall–Kier alpha value is -2.81. The molecule has 1 heterocycles. The summed E-state index contributed by atoms with van der Waals surface area (Å²) in [4.78, 5) is 9.85. The summed E-state index contributed by atoms with van der Waals surface area (Å²) in [7, 11) is 2.18. The molecule has 3 heteroatoms. The summed E-state index contributed by atoms with van der Waals surface area (Å²) < 4.78 is 0. The van der Waals surface area contributed by atoms with Crippen molar-refractivity contribution in [3.8, 4) is 11.3 Å². The molecule has 0 unspecified atom stereocenters. The lowest BCUT2D eigenvalue weighted by atomic mass is 9.93. The molecule has 3 nitrogen and oxygen atoms in total. The number of hydrogen-bond acceptors (Lipinski definition) is 3. The zero-order valence-corrected chi connectivity index (χ0v) is 20.4. The molecular weight excluding hydrogens is 390 g/mol. The van der Waals surface area contributed by atoms with Gasteiger partial charge in [-0.2, -0.15) is 0 Å². The fourth-order valence-corrected chi connectivity index (χ4v) is 5.39. The summed E-state index contributed by atoms with van der Waals surface area (Å²) in [5, 5.41) is 0. The number of rotatable bonds is 6. The number of para-hydroxylation sites is 2. The average molecular weight is 428 g/mol. The molecule has 1 aliphatic carbocycles. The van der Waals surface area contributed by atoms with E-state index in [0.717, 1.165) is 17.9 Å². The normalized spacial score (nSPS) is 14.4. The Kier molecular flexibility index (Phi) is 6.83. The van der Waals surface area contributed by atoms with E-state index in [1.54, 1.807) is 0 Å². The van der Waals surface area contributed by atoms with E-state index >= 15 is 0 Å². The first-order chi connectivity index (χ1) is 15.5. The second-order valence-corrected chi connectivity index (χ2v) is 9.25. The third-order valence-electron chi connectivity index (χ3n) is 7.09. The molecule has 1 fully saturated rings. The summed E-state index contributed by atoms with van der Waals surface area (Å²) in [6.07, 6.45) is 8.73. The minimum Gasteiger partial charge on any atom is -0.367 e. The molecule has 0 spiro atoms. The van der Waals surface area contributed by atoms with Gasteiger partial charge in [-0.15, -0.1) is 0 Å². The van der Waals surface area contributed by atoms with E-state index < -0.39 is 0 Å². The third kappa shape index (κ3) is 4.39. The first kappa shape index (κ1) is 22.4. The highest BCUT2D eigenvalue weighted by Crippen LogP contribution is 2.38. The van der Waals surface area contributed by atoms with E-state index in [0.29, 0.717) is 6.04 Å². The van der Waals surface area contributed by atoms with Crippen molar-refractivity contribution in [2.45, 2.75) is 65.8 Å². The van der Waals surface area contributed by atoms with Crippen LogP contribution < -0.4 is 9.80 Å². The van der Waals surface area contributed by atoms with Gasteiger partial charge in [-0.05, 0) is 75.4 Å². The number of aryl methyl sites for hydroxylation is 3. The maximum Gasteiger partial charge on any atom is 0.0711 e. The SMILES string of the molecule is CCN(c1ccccc1N(C)c1cnc(-c2c(C)cccc2C)cc1C)C1CCCCC1. The predicted octanol–water partition coefficient (Wildman–Crippen LogP) is 7.60. The number of anilines is 3. The highest BCUT2D eigenvalue weighted by Gasteiger charge is 2.23. The minimum atomic E-state index is 0.647. The molecule has 1 aliphatic rings. The van der Waals surface area contributed by atoms with Gasteiger partial charge in [-0.1, -0.05) is 49.6 Å². The first-order valence-electron chi connectivity index (χ1n) is 12.1. The van der Waals surface area contributed by atoms with E-state index in [2.05, 4.69) is 93.1 Å². The number of nitrogens with zero attached hydrogens (tertiary/aromatic N) is 3. The molecule has 0 radical (unpaired) electrons. The van der Waals surface area contributed by atoms with Gasteiger partial charge in [0, 0.05) is 25.2 Å². The topological polar surface area (TPSA) is 19.4 Å². The van der Waals surface area contributed by atoms with Crippen LogP contribution in [0.5, 0.6) is 0 Å². The number of benzene rings is 2. The van der Waals surface area contributed by atoms with Gasteiger partial charge in [0.15, 0.2) is 0 Å². The highest BCUT2D eigenvalue weighted by atomic mass is 15.2. The standard InChI is InChI=1S/C29H37N3/c1-6-32(24-15-8-7-9-16-24)27-18-11-10-17-26(27)31(5)28-20-30-25(19-23(28)4)29-21(2)13-12-14-22(29)3/h10-14,17-20,24H,6-9,15-16H2,1-5H3. The van der Waals surface area contributed by atoms with Crippen molar-refractivity contribution < 1.29 is 0 Å². The quantitative estimate of drug-likeness (QED) is 0.404. The predicted molar refractivity (Wildman–Crippen MR) is 138 cm³/mol. The van der Waals surface area contributed by atoms with Crippen molar-refractivity contribution in [1.29, 1.82) is 0 Å². The van der Waals surface area contributed by atoms with Gasteiger partial charge in [0.25, 0.3) is 0 Å². The van der Waals surface area contributed by atoms with Crippen LogP contribution in [-0.2, 0) is 0 Å². The molecule has 3 aromatic rings. The van der Waals surface area contributed by atoms with Crippen LogP contribution in [0.2, 0.25) is 0 Å². The maximum atomic E-state index is 4.91. The lowest BCUT2D eigenvalue weighted by molar-refractivity contribution is 0.418. The molecular formula is C29H37N3. The van der Waals surface area contributed by atoms with E-state index in [4.69, 9.17) is 4.98 Å². The highest BCUT2D eigenvalue weighted by molar-refractivity contribution is 5.79. The fraction of sp³-hybridized carbons (Fsp3) is 0.414. The van der Waals surface area contributed by atoms with Crippen molar-refractivity contribution in [3.05, 3.63) is 71.4 Å². The van der Waals surface area contributed by atoms with Crippen LogP contribution >= 0.6 is 0 Å². The Morgan fingerprint density at radius 2 is 1.47 bits per heavy atom. The van der Waals surface area contributed by atoms with E-state index in [9.17, 15) is 0 Å². The van der Waals surface area contributed by atoms with E-state index in [1.165, 1.54) is 65.7 Å². The average Bonchev–Trinajstić information content (AvgIpc) is 2.80. The van der Waals surface area contributed by atoms with Crippen LogP contribution in [0, 0.1) is 20.8 Å². The summed E-state index contributed by atoms with van der Waals surface area (Å²) >= 11 is 0. The summed E-state index contributed by atoms with van der Waals surface area (Å²) in [5.74, 6) is 0. The van der Waals surface area contributed by atoms with Crippen molar-refractivity contribution in [3.63, 3.8) is 0 Å². The zero-order chi connectivity index (χ0) is 22.7. The summed E-state index contributed by atoms with van der Waals surface area (Å²) in [6.45, 7) is 9.86. The molecule has 0 atom stereocenters. The van der Waals surface area contributed by atoms with Crippen molar-refractivity contribution in [2.24, 2.45) is 0 Å². The largest absolute Gasteiger partial charge is 0.367 e. The minimum absolute atomic E-state index is 0.647. The second kappa shape index (κ2) is 9.77. The van der Waals surface area contributed by atoms with Crippen LogP contribution in [0.15, 0.2) is 54.7 Å². The second-order valence-electron chi connectivity index (χ2n) is 9.25. The molecule has 0 amide bonds. The van der Waals surface area contributed by atoms with E-state index in [-0.39, 0.29) is 0 Å². The van der Waals surface area contributed by atoms with Gasteiger partial charge in [-0.3, -0.25) is 4.98 Å². The van der Waals surface area contributed by atoms with Crippen molar-refractivity contribution in [1.82, 2.24) is 4.98 Å². The Morgan fingerprint density at radius 1 is 0.812 bits per heavy atom. The fourth-order valence-electron chi connectivity index (χ4n) is 5.39. The molecule has 0 N–H and O–H groups in total. The third-order valence-corrected chi connectivity index (χ3v) is 7.09. The summed E-state index contributed by atoms with van der Waals surface area (Å²) in [5.41, 5.74) is 9.85. The van der Waals surface area contributed by atoms with Gasteiger partial charge in [0.05, 0.1) is 29.0 Å². The molecule has 168 valence electrons. The number of pyridine rings is 1. The molecule has 0 saturated heterocycles. The Bertz CT molecular complexity index is 1050. The van der Waals surface area contributed by atoms with Crippen LogP contribution in [0.3, 0.4) is 0 Å². The lowest BCUT2D eigenvalue weighted by Crippen LogP contribution is -2.37. The molecule has 32 heavy (non-hydrogen) atoms. The number of hydrogen-bond donors (Lipinski definition) is 0. The van der Waals surface area contributed by atoms with Crippen LogP contribution in [0.25, 0.3) is 11.3 Å². The molecule has 4 rings (SSSR count). The van der Waals surface area contributed by atoms with Crippen molar-refractivity contribution in [2.75, 3.05) is 23.4 Å². The molecule has 1 aromatic heterocycles. The Balaban J connectivity index is 1.69. The van der Waals surface area contributed by atoms with Crippen LogP contribution in [0.4, 0.5) is 17.1 Å². The Morgan fingerprint density at radius 3 is 2.09 bits per heavy atom. The van der Waals surface area contributed by atoms with Crippen LogP contribution in [-0.4, -0.2) is 24.6 Å². The maximum absolute atomic E-state index is 4.91. The van der Waals surface area contributed by atoms with Crippen molar-refractivity contribution >= 4 is 17.1 Å². The first-order valence-corrected chi connectivity index (χ1v) is 12.1. The monoisotopic (exact) mass is 427 g/mol. The van der Waals surface area contributed by atoms with Gasteiger partial charge in [0.2, 0.25) is 0 Å². The molecule has 1 saturated carbocycles. The van der Waals surface area contributed by atoms with Gasteiger partial charge in [0.1, 0.15) is 0 Å². The van der Waals surface area contributed by atoms with E-state index in [1.807, 2.05) is 6.20 Å². The van der Waals surface area contributed by atoms with Crippen LogP contribution in [0.1, 0.15) is 55.7 Å². The molecule has 2 aromatic carbocycles. The lowest BCUT2D eigenvalue weighted by Gasteiger charge is -2.38. The van der Waals surface area contributed by atoms with Gasteiger partial charge < -0.3 is 9.80 Å². The summed E-state index contributed by atoms with van der Waals surface area (Å²) in [6, 6.07) is 18.2. The molecule has 0 bridgehead atoms. The zero-order valence-electron chi connectivity index (χ0n) is 20.4. The smallest absolute Gasteiger partial charge is 0.0711 e. The van der Waals surface area contributed by atoms with Gasteiger partial charge >= 0.3 is 0 Å². The van der Waals surface area contributed by atoms with Gasteiger partial charge in [-0.25, -0.2) is 0 Å². The Labute approximate surface area is 194 Å². The molecule has 0 aliphatic heterocycles.